The second-order valence-corrected chi connectivity index (χ2v) is 8.47. The first-order valence-corrected chi connectivity index (χ1v) is 10.0. The van der Waals surface area contributed by atoms with E-state index in [0.717, 1.165) is 22.3 Å². The van der Waals surface area contributed by atoms with Crippen LogP contribution in [0.15, 0.2) is 53.7 Å². The van der Waals surface area contributed by atoms with Gasteiger partial charge < -0.3 is 10.1 Å². The van der Waals surface area contributed by atoms with E-state index in [4.69, 9.17) is 4.74 Å². The van der Waals surface area contributed by atoms with E-state index in [1.54, 1.807) is 31.4 Å². The average Bonchev–Trinajstić information content (AvgIpc) is 2.64. The number of aromatic nitrogens is 2. The Kier molecular flexibility index (Phi) is 4.45. The number of hydrogen-bond donors (Lipinski definition) is 1. The molecule has 7 nitrogen and oxygen atoms in total. The van der Waals surface area contributed by atoms with Gasteiger partial charge in [0, 0.05) is 18.5 Å². The summed E-state index contributed by atoms with van der Waals surface area (Å²) >= 11 is 0. The summed E-state index contributed by atoms with van der Waals surface area (Å²) in [6, 6.07) is 12.4. The molecule has 0 spiro atoms. The Bertz CT molecular complexity index is 1070. The van der Waals surface area contributed by atoms with Crippen LogP contribution in [0.5, 0.6) is 5.75 Å². The molecule has 2 aromatic carbocycles. The highest BCUT2D eigenvalue weighted by atomic mass is 32.2. The normalized spacial score (nSPS) is 15.5. The van der Waals surface area contributed by atoms with Gasteiger partial charge in [0.15, 0.2) is 0 Å². The Morgan fingerprint density at radius 3 is 2.56 bits per heavy atom. The number of nitrogens with one attached hydrogen (secondary N) is 1. The second-order valence-electron chi connectivity index (χ2n) is 6.53. The minimum Gasteiger partial charge on any atom is -0.497 e. The van der Waals surface area contributed by atoms with E-state index >= 15 is 0 Å². The van der Waals surface area contributed by atoms with E-state index in [1.165, 1.54) is 10.6 Å². The molecule has 1 aliphatic heterocycles. The first-order valence-electron chi connectivity index (χ1n) is 8.60. The fourth-order valence-corrected chi connectivity index (χ4v) is 4.74. The van der Waals surface area contributed by atoms with Gasteiger partial charge in [-0.25, -0.2) is 18.4 Å². The van der Waals surface area contributed by atoms with Gasteiger partial charge in [-0.05, 0) is 42.8 Å². The number of anilines is 1. The third kappa shape index (κ3) is 3.22. The molecule has 0 bridgehead atoms. The maximum atomic E-state index is 12.7. The first kappa shape index (κ1) is 17.7. The number of ether oxygens (including phenoxy) is 1. The number of benzene rings is 2. The molecule has 1 aliphatic rings. The molecule has 140 valence electrons. The molecule has 1 aromatic heterocycles. The number of rotatable bonds is 5. The topological polar surface area (TPSA) is 84.4 Å². The van der Waals surface area contributed by atoms with Crippen molar-refractivity contribution < 1.29 is 13.2 Å². The van der Waals surface area contributed by atoms with Crippen molar-refractivity contribution in [1.82, 2.24) is 14.3 Å². The van der Waals surface area contributed by atoms with Gasteiger partial charge in [-0.1, -0.05) is 12.1 Å². The van der Waals surface area contributed by atoms with Crippen molar-refractivity contribution in [1.29, 1.82) is 0 Å². The summed E-state index contributed by atoms with van der Waals surface area (Å²) in [6.45, 7) is 2.80. The van der Waals surface area contributed by atoms with Crippen molar-refractivity contribution in [2.75, 3.05) is 25.5 Å². The molecular formula is C19H20N4O3S. The predicted molar refractivity (Wildman–Crippen MR) is 103 cm³/mol. The van der Waals surface area contributed by atoms with Crippen molar-refractivity contribution in [2.45, 2.75) is 17.9 Å². The largest absolute Gasteiger partial charge is 0.497 e. The molecule has 0 unspecified atom stereocenters. The second kappa shape index (κ2) is 6.79. The van der Waals surface area contributed by atoms with Crippen LogP contribution in [-0.4, -0.2) is 48.9 Å². The first-order chi connectivity index (χ1) is 13.0. The minimum absolute atomic E-state index is 0.00993. The fourth-order valence-electron chi connectivity index (χ4n) is 3.21. The zero-order valence-corrected chi connectivity index (χ0v) is 15.9. The van der Waals surface area contributed by atoms with Crippen LogP contribution in [0.25, 0.3) is 10.9 Å². The molecular weight excluding hydrogens is 364 g/mol. The lowest BCUT2D eigenvalue weighted by Gasteiger charge is -2.38. The molecule has 4 rings (SSSR count). The molecule has 0 radical (unpaired) electrons. The van der Waals surface area contributed by atoms with E-state index < -0.39 is 10.0 Å². The van der Waals surface area contributed by atoms with Crippen molar-refractivity contribution in [3.05, 3.63) is 54.4 Å². The van der Waals surface area contributed by atoms with Gasteiger partial charge in [0.05, 0.1) is 23.6 Å². The van der Waals surface area contributed by atoms with E-state index in [0.29, 0.717) is 18.8 Å². The molecule has 0 aliphatic carbocycles. The number of methoxy groups -OCH3 is 1. The molecule has 1 saturated heterocycles. The van der Waals surface area contributed by atoms with Crippen LogP contribution in [-0.2, 0) is 10.0 Å². The summed E-state index contributed by atoms with van der Waals surface area (Å²) in [7, 11) is -1.95. The zero-order valence-electron chi connectivity index (χ0n) is 15.1. The van der Waals surface area contributed by atoms with Crippen LogP contribution < -0.4 is 10.1 Å². The van der Waals surface area contributed by atoms with Gasteiger partial charge >= 0.3 is 0 Å². The van der Waals surface area contributed by atoms with E-state index in [1.807, 2.05) is 25.1 Å². The van der Waals surface area contributed by atoms with E-state index in [9.17, 15) is 8.42 Å². The van der Waals surface area contributed by atoms with Gasteiger partial charge in [-0.3, -0.25) is 0 Å². The lowest BCUT2D eigenvalue weighted by atomic mass is 10.1. The fraction of sp³-hybridized carbons (Fsp3) is 0.263. The van der Waals surface area contributed by atoms with Crippen molar-refractivity contribution in [2.24, 2.45) is 0 Å². The number of nitrogens with zero attached hydrogens (tertiary/aromatic N) is 3. The third-order valence-electron chi connectivity index (χ3n) is 4.76. The molecule has 1 fully saturated rings. The van der Waals surface area contributed by atoms with Gasteiger partial charge in [0.2, 0.25) is 10.0 Å². The van der Waals surface area contributed by atoms with Crippen molar-refractivity contribution in [3.63, 3.8) is 0 Å². The summed E-state index contributed by atoms with van der Waals surface area (Å²) in [5.41, 5.74) is 1.95. The molecule has 8 heteroatoms. The Morgan fingerprint density at radius 1 is 1.11 bits per heavy atom. The Balaban J connectivity index is 1.48. The molecule has 2 heterocycles. The number of fused-ring (bicyclic) bond motifs is 1. The van der Waals surface area contributed by atoms with Crippen LogP contribution in [0.1, 0.15) is 5.56 Å². The summed E-state index contributed by atoms with van der Waals surface area (Å²) in [5, 5.41) is 4.33. The highest BCUT2D eigenvalue weighted by Crippen LogP contribution is 2.28. The van der Waals surface area contributed by atoms with Gasteiger partial charge in [-0.15, -0.1) is 0 Å². The smallest absolute Gasteiger partial charge is 0.243 e. The Labute approximate surface area is 158 Å². The SMILES string of the molecule is COc1ccc(S(=O)(=O)N2CC(Nc3ncnc4cccc(C)c34)C2)cc1. The van der Waals surface area contributed by atoms with Crippen molar-refractivity contribution >= 4 is 26.7 Å². The maximum absolute atomic E-state index is 12.7. The molecule has 0 saturated carbocycles. The monoisotopic (exact) mass is 384 g/mol. The van der Waals surface area contributed by atoms with Gasteiger partial charge in [-0.2, -0.15) is 4.31 Å². The van der Waals surface area contributed by atoms with Crippen LogP contribution in [0.3, 0.4) is 0 Å². The highest BCUT2D eigenvalue weighted by Gasteiger charge is 2.37. The standard InChI is InChI=1S/C19H20N4O3S/c1-13-4-3-5-17-18(13)19(21-12-20-17)22-14-10-23(11-14)27(24,25)16-8-6-15(26-2)7-9-16/h3-9,12,14H,10-11H2,1-2H3,(H,20,21,22). The summed E-state index contributed by atoms with van der Waals surface area (Å²) in [6.07, 6.45) is 1.52. The summed E-state index contributed by atoms with van der Waals surface area (Å²) in [4.78, 5) is 8.91. The third-order valence-corrected chi connectivity index (χ3v) is 6.60. The molecule has 3 aromatic rings. The average molecular weight is 384 g/mol. The number of sulfonamides is 1. The van der Waals surface area contributed by atoms with Crippen LogP contribution in [0, 0.1) is 6.92 Å². The number of aryl methyl sites for hydroxylation is 1. The van der Waals surface area contributed by atoms with E-state index in [-0.39, 0.29) is 10.9 Å². The highest BCUT2D eigenvalue weighted by molar-refractivity contribution is 7.89. The van der Waals surface area contributed by atoms with E-state index in [2.05, 4.69) is 15.3 Å². The molecule has 27 heavy (non-hydrogen) atoms. The quantitative estimate of drug-likeness (QED) is 0.727. The van der Waals surface area contributed by atoms with Gasteiger partial charge in [0.1, 0.15) is 17.9 Å². The van der Waals surface area contributed by atoms with Crippen LogP contribution in [0.4, 0.5) is 5.82 Å². The van der Waals surface area contributed by atoms with Gasteiger partial charge in [0.25, 0.3) is 0 Å². The maximum Gasteiger partial charge on any atom is 0.243 e. The molecule has 0 amide bonds. The summed E-state index contributed by atoms with van der Waals surface area (Å²) in [5.74, 6) is 1.37. The van der Waals surface area contributed by atoms with Crippen molar-refractivity contribution in [3.8, 4) is 5.75 Å². The lowest BCUT2D eigenvalue weighted by Crippen LogP contribution is -2.56. The lowest BCUT2D eigenvalue weighted by molar-refractivity contribution is 0.280. The number of hydrogen-bond acceptors (Lipinski definition) is 6. The predicted octanol–water partition coefficient (Wildman–Crippen LogP) is 2.43. The van der Waals surface area contributed by atoms with Crippen LogP contribution >= 0.6 is 0 Å². The zero-order chi connectivity index (χ0) is 19.0. The molecule has 1 N–H and O–H groups in total. The van der Waals surface area contributed by atoms with Crippen LogP contribution in [0.2, 0.25) is 0 Å². The summed E-state index contributed by atoms with van der Waals surface area (Å²) < 4.78 is 32.0. The minimum atomic E-state index is -3.50. The Hall–Kier alpha value is -2.71. The molecule has 0 atom stereocenters. The Morgan fingerprint density at radius 2 is 1.85 bits per heavy atom.